The monoisotopic (exact) mass is 242 g/mol. The van der Waals surface area contributed by atoms with Crippen LogP contribution in [0.5, 0.6) is 0 Å². The number of carbonyl (C=O) groups is 1. The van der Waals surface area contributed by atoms with Crippen LogP contribution in [0.15, 0.2) is 12.5 Å². The molecule has 6 nitrogen and oxygen atoms in total. The zero-order valence-corrected chi connectivity index (χ0v) is 10.3. The van der Waals surface area contributed by atoms with Gasteiger partial charge in [-0.15, -0.1) is 0 Å². The van der Waals surface area contributed by atoms with Crippen molar-refractivity contribution in [2.45, 2.75) is 38.6 Å². The van der Waals surface area contributed by atoms with E-state index in [9.17, 15) is 4.79 Å². The number of hydrogen-bond donors (Lipinski definition) is 4. The number of aliphatic carboxylic acids is 1. The minimum Gasteiger partial charge on any atom is -0.480 e. The Labute approximate surface area is 101 Å². The number of aromatic amines is 1. The van der Waals surface area contributed by atoms with Crippen molar-refractivity contribution in [2.24, 2.45) is 0 Å². The van der Waals surface area contributed by atoms with Crippen molar-refractivity contribution in [2.75, 3.05) is 6.54 Å². The summed E-state index contributed by atoms with van der Waals surface area (Å²) >= 11 is 0. The second-order valence-corrected chi connectivity index (χ2v) is 3.82. The second kappa shape index (κ2) is 8.72. The predicted molar refractivity (Wildman–Crippen MR) is 66.3 cm³/mol. The fourth-order valence-electron chi connectivity index (χ4n) is 1.51. The number of nitrogens with zero attached hydrogens (tertiary/aromatic N) is 1. The zero-order valence-electron chi connectivity index (χ0n) is 10.3. The van der Waals surface area contributed by atoms with E-state index < -0.39 is 12.0 Å². The first-order valence-electron chi connectivity index (χ1n) is 5.68. The van der Waals surface area contributed by atoms with Gasteiger partial charge in [-0.25, -0.2) is 4.98 Å². The molecule has 0 amide bonds. The first-order chi connectivity index (χ1) is 7.74. The zero-order chi connectivity index (χ0) is 11.8. The minimum absolute atomic E-state index is 0. The summed E-state index contributed by atoms with van der Waals surface area (Å²) in [5, 5.41) is 12.1. The largest absolute Gasteiger partial charge is 0.480 e. The van der Waals surface area contributed by atoms with Crippen LogP contribution in [0.4, 0.5) is 0 Å². The standard InChI is InChI=1S/C11H19N3O2.H3N/c1-2-3-4-5-13-10(11(15)16)6-9-7-12-8-14-9;/h7-8,10,13H,2-6H2,1H3,(H,12,14)(H,15,16);1H3/t10-;/m0./s1. The molecule has 0 aliphatic heterocycles. The van der Waals surface area contributed by atoms with Gasteiger partial charge in [0.25, 0.3) is 0 Å². The van der Waals surface area contributed by atoms with Crippen molar-refractivity contribution in [3.63, 3.8) is 0 Å². The second-order valence-electron chi connectivity index (χ2n) is 3.82. The fourth-order valence-corrected chi connectivity index (χ4v) is 1.51. The number of aromatic nitrogens is 2. The molecule has 0 spiro atoms. The molecule has 1 aromatic heterocycles. The van der Waals surface area contributed by atoms with Gasteiger partial charge in [0.15, 0.2) is 0 Å². The first kappa shape index (κ1) is 15.6. The van der Waals surface area contributed by atoms with Crippen molar-refractivity contribution >= 4 is 5.97 Å². The molecular weight excluding hydrogens is 220 g/mol. The normalized spacial score (nSPS) is 11.8. The number of H-pyrrole nitrogens is 1. The minimum atomic E-state index is -0.820. The number of carboxylic acid groups (broad SMARTS) is 1. The maximum Gasteiger partial charge on any atom is 0.321 e. The van der Waals surface area contributed by atoms with Gasteiger partial charge in [-0.1, -0.05) is 19.8 Å². The molecule has 6 heteroatoms. The van der Waals surface area contributed by atoms with Crippen LogP contribution in [0.2, 0.25) is 0 Å². The molecule has 98 valence electrons. The van der Waals surface area contributed by atoms with Crippen molar-refractivity contribution in [1.29, 1.82) is 0 Å². The third kappa shape index (κ3) is 6.03. The summed E-state index contributed by atoms with van der Waals surface area (Å²) in [5.41, 5.74) is 0.774. The fraction of sp³-hybridized carbons (Fsp3) is 0.636. The van der Waals surface area contributed by atoms with Crippen LogP contribution < -0.4 is 11.5 Å². The van der Waals surface area contributed by atoms with Crippen molar-refractivity contribution in [3.8, 4) is 0 Å². The number of rotatable bonds is 8. The molecule has 0 radical (unpaired) electrons. The van der Waals surface area contributed by atoms with E-state index in [2.05, 4.69) is 22.2 Å². The third-order valence-electron chi connectivity index (χ3n) is 2.44. The quantitative estimate of drug-likeness (QED) is 0.514. The molecule has 0 bridgehead atoms. The first-order valence-corrected chi connectivity index (χ1v) is 5.68. The van der Waals surface area contributed by atoms with E-state index in [4.69, 9.17) is 5.11 Å². The van der Waals surface area contributed by atoms with Crippen LogP contribution in [0, 0.1) is 0 Å². The number of imidazole rings is 1. The van der Waals surface area contributed by atoms with Crippen LogP contribution in [0.1, 0.15) is 31.9 Å². The Morgan fingerprint density at radius 3 is 2.88 bits per heavy atom. The van der Waals surface area contributed by atoms with Crippen molar-refractivity contribution in [3.05, 3.63) is 18.2 Å². The van der Waals surface area contributed by atoms with E-state index in [-0.39, 0.29) is 6.15 Å². The van der Waals surface area contributed by atoms with Crippen LogP contribution in [-0.2, 0) is 11.2 Å². The molecule has 0 unspecified atom stereocenters. The summed E-state index contributed by atoms with van der Waals surface area (Å²) in [6.45, 7) is 2.87. The lowest BCUT2D eigenvalue weighted by atomic mass is 10.1. The number of carboxylic acids is 1. The van der Waals surface area contributed by atoms with Gasteiger partial charge >= 0.3 is 5.97 Å². The lowest BCUT2D eigenvalue weighted by Gasteiger charge is -2.12. The van der Waals surface area contributed by atoms with Crippen LogP contribution in [0.25, 0.3) is 0 Å². The molecule has 1 rings (SSSR count). The molecule has 0 fully saturated rings. The van der Waals surface area contributed by atoms with E-state index >= 15 is 0 Å². The topological polar surface area (TPSA) is 113 Å². The molecular formula is C11H22N4O2. The highest BCUT2D eigenvalue weighted by molar-refractivity contribution is 5.73. The van der Waals surface area contributed by atoms with Gasteiger partial charge in [0.2, 0.25) is 0 Å². The Balaban J connectivity index is 0.00000256. The van der Waals surface area contributed by atoms with Gasteiger partial charge in [0, 0.05) is 12.6 Å². The van der Waals surface area contributed by atoms with E-state index in [0.717, 1.165) is 31.5 Å². The molecule has 0 aliphatic carbocycles. The Morgan fingerprint density at radius 1 is 1.59 bits per heavy atom. The van der Waals surface area contributed by atoms with Crippen LogP contribution >= 0.6 is 0 Å². The average molecular weight is 242 g/mol. The van der Waals surface area contributed by atoms with Gasteiger partial charge in [-0.2, -0.15) is 0 Å². The predicted octanol–water partition coefficient (Wildman–Crippen LogP) is 1.35. The highest BCUT2D eigenvalue weighted by Crippen LogP contribution is 2.00. The van der Waals surface area contributed by atoms with E-state index in [1.54, 1.807) is 12.5 Å². The molecule has 0 saturated carbocycles. The maximum absolute atomic E-state index is 11.0. The summed E-state index contributed by atoms with van der Waals surface area (Å²) < 4.78 is 0. The summed E-state index contributed by atoms with van der Waals surface area (Å²) in [6.07, 6.45) is 6.99. The lowest BCUT2D eigenvalue weighted by Crippen LogP contribution is -2.39. The molecule has 0 aromatic carbocycles. The molecule has 1 atom stereocenters. The third-order valence-corrected chi connectivity index (χ3v) is 2.44. The van der Waals surface area contributed by atoms with Gasteiger partial charge in [0.1, 0.15) is 6.04 Å². The highest BCUT2D eigenvalue weighted by Gasteiger charge is 2.17. The molecule has 1 heterocycles. The SMILES string of the molecule is CCCCCN[C@@H](Cc1c[nH]cn1)C(=O)O.N. The Hall–Kier alpha value is -1.40. The smallest absolute Gasteiger partial charge is 0.321 e. The Kier molecular flexibility index (Phi) is 8.00. The van der Waals surface area contributed by atoms with Crippen LogP contribution in [-0.4, -0.2) is 33.6 Å². The average Bonchev–Trinajstić information content (AvgIpc) is 2.75. The van der Waals surface area contributed by atoms with Gasteiger partial charge in [0.05, 0.1) is 12.0 Å². The number of unbranched alkanes of at least 4 members (excludes halogenated alkanes) is 2. The highest BCUT2D eigenvalue weighted by atomic mass is 16.4. The Bertz CT molecular complexity index is 300. The molecule has 0 aliphatic rings. The van der Waals surface area contributed by atoms with E-state index in [0.29, 0.717) is 6.42 Å². The van der Waals surface area contributed by atoms with Crippen LogP contribution in [0.3, 0.4) is 0 Å². The number of nitrogens with one attached hydrogen (secondary N) is 2. The lowest BCUT2D eigenvalue weighted by molar-refractivity contribution is -0.139. The van der Waals surface area contributed by atoms with E-state index in [1.165, 1.54) is 0 Å². The molecule has 1 aromatic rings. The van der Waals surface area contributed by atoms with Crippen molar-refractivity contribution in [1.82, 2.24) is 21.4 Å². The number of hydrogen-bond acceptors (Lipinski definition) is 4. The van der Waals surface area contributed by atoms with Crippen molar-refractivity contribution < 1.29 is 9.90 Å². The summed E-state index contributed by atoms with van der Waals surface area (Å²) in [6, 6.07) is -0.542. The summed E-state index contributed by atoms with van der Waals surface area (Å²) in [7, 11) is 0. The molecule has 17 heavy (non-hydrogen) atoms. The summed E-state index contributed by atoms with van der Waals surface area (Å²) in [4.78, 5) is 17.8. The summed E-state index contributed by atoms with van der Waals surface area (Å²) in [5.74, 6) is -0.820. The molecule has 6 N–H and O–H groups in total. The maximum atomic E-state index is 11.0. The molecule has 0 saturated heterocycles. The van der Waals surface area contributed by atoms with E-state index in [1.807, 2.05) is 0 Å². The Morgan fingerprint density at radius 2 is 2.35 bits per heavy atom. The van der Waals surface area contributed by atoms with Gasteiger partial charge in [-0.05, 0) is 13.0 Å². The van der Waals surface area contributed by atoms with Gasteiger partial charge < -0.3 is 21.6 Å². The van der Waals surface area contributed by atoms with Gasteiger partial charge in [-0.3, -0.25) is 4.79 Å².